The fraction of sp³-hybridized carbons (Fsp3) is 0. The van der Waals surface area contributed by atoms with Gasteiger partial charge in [0.05, 0.1) is 48.9 Å². The second kappa shape index (κ2) is 6.90. The zero-order chi connectivity index (χ0) is 20.4. The van der Waals surface area contributed by atoms with Crippen molar-refractivity contribution in [1.82, 2.24) is 10.4 Å². The molecule has 3 aromatic rings. The molecular weight excluding hydrogens is 384 g/mol. The minimum Gasteiger partial charge on any atom is -0.523 e. The van der Waals surface area contributed by atoms with Crippen molar-refractivity contribution in [3.05, 3.63) is 66.7 Å². The van der Waals surface area contributed by atoms with Gasteiger partial charge in [-0.1, -0.05) is 0 Å². The van der Waals surface area contributed by atoms with Crippen LogP contribution in [-0.2, 0) is 0 Å². The molecule has 0 aliphatic rings. The van der Waals surface area contributed by atoms with Crippen molar-refractivity contribution in [2.24, 2.45) is 0 Å². The summed E-state index contributed by atoms with van der Waals surface area (Å²) in [6.45, 7) is 0. The lowest BCUT2D eigenvalue weighted by Gasteiger charge is -2.06. The van der Waals surface area contributed by atoms with Crippen molar-refractivity contribution in [1.29, 1.82) is 0 Å². The molecule has 0 aliphatic carbocycles. The van der Waals surface area contributed by atoms with Gasteiger partial charge in [-0.25, -0.2) is 0 Å². The van der Waals surface area contributed by atoms with E-state index in [1.807, 2.05) is 0 Å². The van der Waals surface area contributed by atoms with E-state index in [4.69, 9.17) is 4.74 Å². The molecule has 0 atom stereocenters. The highest BCUT2D eigenvalue weighted by Crippen LogP contribution is 2.35. The molecule has 2 aromatic carbocycles. The van der Waals surface area contributed by atoms with Gasteiger partial charge in [0.2, 0.25) is 11.8 Å². The normalized spacial score (nSPS) is 10.4. The SMILES string of the molecule is O=[N+]([O-])c1cc(Oc2ccc(-[n+]3noc([O-])n3)cc2[N+](=O)[O-])cc([N+](=O)[O-])c1. The van der Waals surface area contributed by atoms with Crippen molar-refractivity contribution in [3.63, 3.8) is 0 Å². The Balaban J connectivity index is 2.03. The first-order valence-electron chi connectivity index (χ1n) is 7.08. The highest BCUT2D eigenvalue weighted by Gasteiger charge is 2.24. The van der Waals surface area contributed by atoms with Gasteiger partial charge in [-0.2, -0.15) is 0 Å². The van der Waals surface area contributed by atoms with Gasteiger partial charge in [-0.15, -0.1) is 0 Å². The van der Waals surface area contributed by atoms with Crippen molar-refractivity contribution >= 4 is 17.1 Å². The number of benzene rings is 2. The molecule has 0 spiro atoms. The summed E-state index contributed by atoms with van der Waals surface area (Å²) < 4.78 is 9.50. The number of ether oxygens (including phenoxy) is 1. The average Bonchev–Trinajstić information content (AvgIpc) is 3.07. The molecule has 0 unspecified atom stereocenters. The molecule has 1 aromatic heterocycles. The van der Waals surface area contributed by atoms with Crippen LogP contribution in [0.25, 0.3) is 5.69 Å². The van der Waals surface area contributed by atoms with E-state index in [0.29, 0.717) is 4.80 Å². The molecular formula is C13H6N6O9. The van der Waals surface area contributed by atoms with E-state index in [1.54, 1.807) is 0 Å². The highest BCUT2D eigenvalue weighted by molar-refractivity contribution is 5.55. The van der Waals surface area contributed by atoms with Crippen LogP contribution in [0.15, 0.2) is 40.9 Å². The topological polar surface area (TPSA) is 205 Å². The third kappa shape index (κ3) is 3.62. The Bertz CT molecular complexity index is 1080. The fourth-order valence-electron chi connectivity index (χ4n) is 2.12. The van der Waals surface area contributed by atoms with Crippen LogP contribution >= 0.6 is 0 Å². The first-order valence-corrected chi connectivity index (χ1v) is 7.08. The van der Waals surface area contributed by atoms with Crippen LogP contribution in [0.5, 0.6) is 17.6 Å². The molecule has 1 heterocycles. The smallest absolute Gasteiger partial charge is 0.318 e. The summed E-state index contributed by atoms with van der Waals surface area (Å²) >= 11 is 0. The number of rotatable bonds is 6. The van der Waals surface area contributed by atoms with E-state index in [1.165, 1.54) is 6.07 Å². The molecule has 142 valence electrons. The van der Waals surface area contributed by atoms with Crippen LogP contribution in [0.3, 0.4) is 0 Å². The molecule has 15 heteroatoms. The number of nitro benzene ring substituents is 3. The van der Waals surface area contributed by atoms with Gasteiger partial charge in [0.1, 0.15) is 11.0 Å². The lowest BCUT2D eigenvalue weighted by Crippen LogP contribution is -2.35. The number of aromatic nitrogens is 3. The zero-order valence-corrected chi connectivity index (χ0v) is 13.3. The maximum atomic E-state index is 11.3. The second-order valence-electron chi connectivity index (χ2n) is 5.04. The van der Waals surface area contributed by atoms with Crippen molar-refractivity contribution in [2.45, 2.75) is 0 Å². The zero-order valence-electron chi connectivity index (χ0n) is 13.3. The molecule has 0 saturated heterocycles. The Hall–Kier alpha value is -4.69. The number of hydrogen-bond acceptors (Lipinski definition) is 11. The first-order chi connectivity index (χ1) is 13.2. The standard InChI is InChI=1S/C13H6N6O9/c20-13-14-16(15-28-13)7-1-2-12(11(6-7)19(25)26)27-10-4-8(17(21)22)3-9(5-10)18(23)24/h1-6H. The Morgan fingerprint density at radius 2 is 1.57 bits per heavy atom. The Labute approximate surface area is 152 Å². The average molecular weight is 390 g/mol. The van der Waals surface area contributed by atoms with E-state index >= 15 is 0 Å². The van der Waals surface area contributed by atoms with Crippen LogP contribution in [-0.4, -0.2) is 25.1 Å². The second-order valence-corrected chi connectivity index (χ2v) is 5.04. The minimum absolute atomic E-state index is 0.00470. The summed E-state index contributed by atoms with van der Waals surface area (Å²) in [4.78, 5) is 31.3. The van der Waals surface area contributed by atoms with Gasteiger partial charge in [0.25, 0.3) is 17.1 Å². The first kappa shape index (κ1) is 18.1. The van der Waals surface area contributed by atoms with Crippen LogP contribution < -0.4 is 14.6 Å². The van der Waals surface area contributed by atoms with E-state index in [0.717, 1.165) is 30.3 Å². The number of non-ortho nitro benzene ring substituents is 2. The maximum Gasteiger partial charge on any atom is 0.318 e. The van der Waals surface area contributed by atoms with Crippen molar-refractivity contribution in [2.75, 3.05) is 0 Å². The van der Waals surface area contributed by atoms with Gasteiger partial charge >= 0.3 is 5.69 Å². The van der Waals surface area contributed by atoms with Gasteiger partial charge in [-0.05, 0) is 6.07 Å². The van der Waals surface area contributed by atoms with E-state index < -0.39 is 37.9 Å². The summed E-state index contributed by atoms with van der Waals surface area (Å²) in [7, 11) is 0. The van der Waals surface area contributed by atoms with Crippen LogP contribution in [0.2, 0.25) is 0 Å². The lowest BCUT2D eigenvalue weighted by molar-refractivity contribution is -0.726. The predicted octanol–water partition coefficient (Wildman–Crippen LogP) is 0.937. The van der Waals surface area contributed by atoms with E-state index in [9.17, 15) is 35.4 Å². The monoisotopic (exact) mass is 390 g/mol. The summed E-state index contributed by atoms with van der Waals surface area (Å²) in [5, 5.41) is 50.7. The van der Waals surface area contributed by atoms with Gasteiger partial charge < -0.3 is 14.4 Å². The Morgan fingerprint density at radius 3 is 2.07 bits per heavy atom. The molecule has 28 heavy (non-hydrogen) atoms. The summed E-state index contributed by atoms with van der Waals surface area (Å²) in [5.41, 5.74) is -1.88. The number of nitrogens with zero attached hydrogens (tertiary/aromatic N) is 6. The maximum absolute atomic E-state index is 11.3. The van der Waals surface area contributed by atoms with Gasteiger partial charge in [0, 0.05) is 6.07 Å². The number of hydrogen-bond donors (Lipinski definition) is 0. The largest absolute Gasteiger partial charge is 0.523 e. The molecule has 0 aliphatic heterocycles. The third-order valence-corrected chi connectivity index (χ3v) is 3.27. The van der Waals surface area contributed by atoms with Gasteiger partial charge in [-0.3, -0.25) is 30.3 Å². The molecule has 0 bridgehead atoms. The summed E-state index contributed by atoms with van der Waals surface area (Å²) in [5.74, 6) is -0.721. The van der Waals surface area contributed by atoms with Crippen LogP contribution in [0, 0.1) is 30.3 Å². The quantitative estimate of drug-likeness (QED) is 0.329. The minimum atomic E-state index is -1.02. The molecule has 15 nitrogen and oxygen atoms in total. The third-order valence-electron chi connectivity index (χ3n) is 3.27. The van der Waals surface area contributed by atoms with Crippen molar-refractivity contribution < 1.29 is 33.9 Å². The molecule has 0 fully saturated rings. The Kier molecular flexibility index (Phi) is 4.47. The van der Waals surface area contributed by atoms with Gasteiger partial charge in [0.15, 0.2) is 0 Å². The van der Waals surface area contributed by atoms with E-state index in [2.05, 4.69) is 14.9 Å². The fourth-order valence-corrected chi connectivity index (χ4v) is 2.12. The molecule has 0 amide bonds. The molecule has 3 rings (SSSR count). The van der Waals surface area contributed by atoms with Crippen molar-refractivity contribution in [3.8, 4) is 23.3 Å². The summed E-state index contributed by atoms with van der Waals surface area (Å²) in [6.07, 6.45) is -1.02. The molecule has 0 saturated carbocycles. The van der Waals surface area contributed by atoms with E-state index in [-0.39, 0.29) is 17.2 Å². The number of nitro groups is 3. The predicted molar refractivity (Wildman–Crippen MR) is 81.8 cm³/mol. The van der Waals surface area contributed by atoms with Crippen LogP contribution in [0.1, 0.15) is 0 Å². The molecule has 0 radical (unpaired) electrons. The Morgan fingerprint density at radius 1 is 0.929 bits per heavy atom. The highest BCUT2D eigenvalue weighted by atomic mass is 16.6. The summed E-state index contributed by atoms with van der Waals surface area (Å²) in [6, 6.07) is 5.77. The lowest BCUT2D eigenvalue weighted by atomic mass is 10.2. The van der Waals surface area contributed by atoms with Crippen LogP contribution in [0.4, 0.5) is 17.1 Å². The molecule has 0 N–H and O–H groups in total.